The standard InChI is InChI=1S/C21H33N7O2/c1-5-22-19(24-14-18-26-25-17-10-6-7-12-28(17)18)23-13-16-9-8-11-27(15-16)20(29)30-21(2,3)4/h6-7,10,12,16H,5,8-9,11,13-15H2,1-4H3,(H2,22,23,24). The van der Waals surface area contributed by atoms with Gasteiger partial charge in [0.15, 0.2) is 17.4 Å². The Hall–Kier alpha value is -2.84. The fourth-order valence-electron chi connectivity index (χ4n) is 3.46. The van der Waals surface area contributed by atoms with E-state index in [0.29, 0.717) is 19.0 Å². The van der Waals surface area contributed by atoms with Gasteiger partial charge in [0.05, 0.1) is 0 Å². The van der Waals surface area contributed by atoms with Crippen molar-refractivity contribution in [2.45, 2.75) is 52.7 Å². The number of guanidine groups is 1. The van der Waals surface area contributed by atoms with Gasteiger partial charge in [-0.15, -0.1) is 10.2 Å². The quantitative estimate of drug-likeness (QED) is 0.575. The van der Waals surface area contributed by atoms with Gasteiger partial charge < -0.3 is 20.3 Å². The molecular weight excluding hydrogens is 382 g/mol. The van der Waals surface area contributed by atoms with Crippen LogP contribution in [0.2, 0.25) is 0 Å². The van der Waals surface area contributed by atoms with Gasteiger partial charge in [0, 0.05) is 32.4 Å². The molecule has 30 heavy (non-hydrogen) atoms. The van der Waals surface area contributed by atoms with Crippen LogP contribution in [0.5, 0.6) is 0 Å². The highest BCUT2D eigenvalue weighted by atomic mass is 16.6. The third kappa shape index (κ3) is 6.08. The van der Waals surface area contributed by atoms with E-state index in [2.05, 4.69) is 25.8 Å². The summed E-state index contributed by atoms with van der Waals surface area (Å²) in [7, 11) is 0. The van der Waals surface area contributed by atoms with Gasteiger partial charge in [0.1, 0.15) is 12.1 Å². The average molecular weight is 416 g/mol. The van der Waals surface area contributed by atoms with Gasteiger partial charge in [-0.05, 0) is 58.6 Å². The maximum atomic E-state index is 12.4. The van der Waals surface area contributed by atoms with Crippen LogP contribution in [0, 0.1) is 5.92 Å². The molecule has 164 valence electrons. The van der Waals surface area contributed by atoms with Crippen molar-refractivity contribution in [3.63, 3.8) is 0 Å². The highest BCUT2D eigenvalue weighted by molar-refractivity contribution is 5.79. The number of hydrogen-bond acceptors (Lipinski definition) is 5. The fourth-order valence-corrected chi connectivity index (χ4v) is 3.46. The number of nitrogens with one attached hydrogen (secondary N) is 2. The van der Waals surface area contributed by atoms with E-state index in [1.54, 1.807) is 0 Å². The van der Waals surface area contributed by atoms with E-state index in [1.165, 1.54) is 0 Å². The summed E-state index contributed by atoms with van der Waals surface area (Å²) in [5.74, 6) is 1.88. The van der Waals surface area contributed by atoms with Crippen molar-refractivity contribution >= 4 is 17.7 Å². The molecule has 9 nitrogen and oxygen atoms in total. The number of amides is 1. The number of piperidine rings is 1. The van der Waals surface area contributed by atoms with Crippen molar-refractivity contribution in [3.8, 4) is 0 Å². The number of aromatic nitrogens is 3. The van der Waals surface area contributed by atoms with Crippen LogP contribution in [0.4, 0.5) is 4.79 Å². The maximum Gasteiger partial charge on any atom is 0.410 e. The van der Waals surface area contributed by atoms with E-state index in [9.17, 15) is 4.79 Å². The van der Waals surface area contributed by atoms with Gasteiger partial charge in [-0.25, -0.2) is 9.79 Å². The van der Waals surface area contributed by atoms with E-state index in [0.717, 1.165) is 49.9 Å². The van der Waals surface area contributed by atoms with Crippen molar-refractivity contribution in [1.29, 1.82) is 0 Å². The average Bonchev–Trinajstić information content (AvgIpc) is 3.12. The summed E-state index contributed by atoms with van der Waals surface area (Å²) in [6, 6.07) is 5.81. The predicted molar refractivity (Wildman–Crippen MR) is 116 cm³/mol. The molecule has 1 unspecified atom stereocenters. The van der Waals surface area contributed by atoms with Gasteiger partial charge >= 0.3 is 6.09 Å². The Morgan fingerprint density at radius 3 is 2.90 bits per heavy atom. The topological polar surface area (TPSA) is 96.1 Å². The monoisotopic (exact) mass is 415 g/mol. The Morgan fingerprint density at radius 1 is 1.30 bits per heavy atom. The van der Waals surface area contributed by atoms with Gasteiger partial charge in [0.2, 0.25) is 0 Å². The van der Waals surface area contributed by atoms with Crippen LogP contribution in [0.15, 0.2) is 29.4 Å². The molecule has 2 aromatic rings. The molecule has 1 saturated heterocycles. The highest BCUT2D eigenvalue weighted by Gasteiger charge is 2.27. The third-order valence-electron chi connectivity index (χ3n) is 4.84. The summed E-state index contributed by atoms with van der Waals surface area (Å²) in [5, 5.41) is 15.1. The molecule has 1 aliphatic rings. The molecule has 1 fully saturated rings. The van der Waals surface area contributed by atoms with E-state index < -0.39 is 5.60 Å². The van der Waals surface area contributed by atoms with Crippen LogP contribution in [0.25, 0.3) is 5.65 Å². The third-order valence-corrected chi connectivity index (χ3v) is 4.84. The molecule has 1 amide bonds. The number of carbonyl (C=O) groups excluding carboxylic acids is 1. The van der Waals surface area contributed by atoms with Gasteiger partial charge in [-0.2, -0.15) is 0 Å². The number of carbonyl (C=O) groups is 1. The summed E-state index contributed by atoms with van der Waals surface area (Å²) in [6.45, 7) is 11.1. The largest absolute Gasteiger partial charge is 0.444 e. The smallest absolute Gasteiger partial charge is 0.410 e. The van der Waals surface area contributed by atoms with Crippen molar-refractivity contribution in [3.05, 3.63) is 30.2 Å². The van der Waals surface area contributed by atoms with Crippen LogP contribution in [0.3, 0.4) is 0 Å². The minimum atomic E-state index is -0.473. The molecular formula is C21H33N7O2. The molecule has 0 spiro atoms. The lowest BCUT2D eigenvalue weighted by Crippen LogP contribution is -2.47. The molecule has 3 heterocycles. The number of rotatable bonds is 5. The first-order valence-corrected chi connectivity index (χ1v) is 10.6. The number of likely N-dealkylation sites (tertiary alicyclic amines) is 1. The number of nitrogens with zero attached hydrogens (tertiary/aromatic N) is 5. The number of aliphatic imine (C=N–C) groups is 1. The second-order valence-corrected chi connectivity index (χ2v) is 8.56. The molecule has 0 radical (unpaired) electrons. The first-order chi connectivity index (χ1) is 14.4. The molecule has 3 rings (SSSR count). The Kier molecular flexibility index (Phi) is 7.12. The predicted octanol–water partition coefficient (Wildman–Crippen LogP) is 2.43. The van der Waals surface area contributed by atoms with Crippen LogP contribution in [0.1, 0.15) is 46.4 Å². The lowest BCUT2D eigenvalue weighted by atomic mass is 9.98. The molecule has 0 saturated carbocycles. The van der Waals surface area contributed by atoms with Crippen molar-refractivity contribution in [2.24, 2.45) is 10.9 Å². The van der Waals surface area contributed by atoms with Crippen LogP contribution >= 0.6 is 0 Å². The first kappa shape index (κ1) is 21.9. The molecule has 0 bridgehead atoms. The van der Waals surface area contributed by atoms with Crippen molar-refractivity contribution in [1.82, 2.24) is 30.1 Å². The zero-order valence-corrected chi connectivity index (χ0v) is 18.4. The molecule has 0 aliphatic carbocycles. The molecule has 0 aromatic carbocycles. The van der Waals surface area contributed by atoms with E-state index in [1.807, 2.05) is 61.4 Å². The number of pyridine rings is 1. The Morgan fingerprint density at radius 2 is 2.13 bits per heavy atom. The second-order valence-electron chi connectivity index (χ2n) is 8.56. The Bertz CT molecular complexity index is 872. The highest BCUT2D eigenvalue weighted by Crippen LogP contribution is 2.19. The van der Waals surface area contributed by atoms with Crippen molar-refractivity contribution < 1.29 is 9.53 Å². The van der Waals surface area contributed by atoms with E-state index in [4.69, 9.17) is 4.74 Å². The molecule has 2 N–H and O–H groups in total. The van der Waals surface area contributed by atoms with Crippen LogP contribution in [-0.4, -0.2) is 63.3 Å². The number of hydrogen-bond donors (Lipinski definition) is 2. The molecule has 1 aliphatic heterocycles. The normalized spacial score (nSPS) is 17.8. The second kappa shape index (κ2) is 9.77. The van der Waals surface area contributed by atoms with Gasteiger partial charge in [0.25, 0.3) is 0 Å². The maximum absolute atomic E-state index is 12.4. The van der Waals surface area contributed by atoms with Crippen molar-refractivity contribution in [2.75, 3.05) is 26.2 Å². The van der Waals surface area contributed by atoms with Crippen LogP contribution in [-0.2, 0) is 11.3 Å². The summed E-state index contributed by atoms with van der Waals surface area (Å²) >= 11 is 0. The Balaban J connectivity index is 1.56. The van der Waals surface area contributed by atoms with E-state index >= 15 is 0 Å². The van der Waals surface area contributed by atoms with Gasteiger partial charge in [-0.3, -0.25) is 4.40 Å². The summed E-state index contributed by atoms with van der Waals surface area (Å²) in [4.78, 5) is 18.8. The molecule has 1 atom stereocenters. The first-order valence-electron chi connectivity index (χ1n) is 10.6. The lowest BCUT2D eigenvalue weighted by molar-refractivity contribution is 0.0168. The van der Waals surface area contributed by atoms with E-state index in [-0.39, 0.29) is 6.09 Å². The number of ether oxygens (including phenoxy) is 1. The summed E-state index contributed by atoms with van der Waals surface area (Å²) < 4.78 is 7.46. The Labute approximate surface area is 177 Å². The fraction of sp³-hybridized carbons (Fsp3) is 0.619. The lowest BCUT2D eigenvalue weighted by Gasteiger charge is -2.34. The summed E-state index contributed by atoms with van der Waals surface area (Å²) in [5.41, 5.74) is 0.337. The number of fused-ring (bicyclic) bond motifs is 1. The van der Waals surface area contributed by atoms with Crippen LogP contribution < -0.4 is 10.6 Å². The van der Waals surface area contributed by atoms with Gasteiger partial charge in [-0.1, -0.05) is 6.07 Å². The summed E-state index contributed by atoms with van der Waals surface area (Å²) in [6.07, 6.45) is 3.76. The zero-order valence-electron chi connectivity index (χ0n) is 18.4. The zero-order chi connectivity index (χ0) is 21.6. The molecule has 2 aromatic heterocycles. The minimum absolute atomic E-state index is 0.230. The SMILES string of the molecule is CCNC(=NCc1nnc2ccccn12)NCC1CCCN(C(=O)OC(C)(C)C)C1. The minimum Gasteiger partial charge on any atom is -0.444 e. The molecule has 9 heteroatoms.